The average molecular weight is 435 g/mol. The normalized spacial score (nSPS) is 15.2. The highest BCUT2D eigenvalue weighted by Crippen LogP contribution is 2.37. The van der Waals surface area contributed by atoms with E-state index in [-0.39, 0.29) is 24.4 Å². The van der Waals surface area contributed by atoms with E-state index < -0.39 is 5.41 Å². The van der Waals surface area contributed by atoms with Gasteiger partial charge in [-0.05, 0) is 30.5 Å². The van der Waals surface area contributed by atoms with Crippen molar-refractivity contribution in [3.63, 3.8) is 0 Å². The Labute approximate surface area is 186 Å². The lowest BCUT2D eigenvalue weighted by molar-refractivity contribution is -0.156. The molecule has 1 aromatic heterocycles. The fourth-order valence-electron chi connectivity index (χ4n) is 4.09. The van der Waals surface area contributed by atoms with Crippen molar-refractivity contribution in [1.82, 2.24) is 15.0 Å². The van der Waals surface area contributed by atoms with Crippen LogP contribution in [0.15, 0.2) is 59.1 Å². The van der Waals surface area contributed by atoms with Crippen LogP contribution in [0.3, 0.4) is 0 Å². The minimum absolute atomic E-state index is 0.00904. The van der Waals surface area contributed by atoms with Gasteiger partial charge in [-0.15, -0.1) is 0 Å². The van der Waals surface area contributed by atoms with E-state index in [2.05, 4.69) is 10.1 Å². The fourth-order valence-corrected chi connectivity index (χ4v) is 4.09. The molecule has 8 nitrogen and oxygen atoms in total. The number of aromatic nitrogens is 2. The number of benzene rings is 2. The molecule has 0 saturated carbocycles. The molecular weight excluding hydrogens is 410 g/mol. The standard InChI is InChI=1S/C24H25N3O5/c1-17(28)27-14-12-24(13-15-27,18-8-4-3-5-9-18)23(29)31-16-21-25-22(26-32-21)19-10-6-7-11-20(19)30-2/h3-11H,12-16H2,1-2H3. The third kappa shape index (κ3) is 4.21. The first kappa shape index (κ1) is 21.5. The lowest BCUT2D eigenvalue weighted by Gasteiger charge is -2.39. The van der Waals surface area contributed by atoms with Crippen molar-refractivity contribution in [2.75, 3.05) is 20.2 Å². The third-order valence-corrected chi connectivity index (χ3v) is 5.92. The summed E-state index contributed by atoms with van der Waals surface area (Å²) < 4.78 is 16.3. The van der Waals surface area contributed by atoms with Crippen LogP contribution < -0.4 is 4.74 Å². The van der Waals surface area contributed by atoms with E-state index in [9.17, 15) is 9.59 Å². The molecule has 0 aliphatic carbocycles. The van der Waals surface area contributed by atoms with Gasteiger partial charge in [0.2, 0.25) is 11.7 Å². The first-order chi connectivity index (χ1) is 15.5. The molecule has 32 heavy (non-hydrogen) atoms. The van der Waals surface area contributed by atoms with Crippen molar-refractivity contribution < 1.29 is 23.6 Å². The summed E-state index contributed by atoms with van der Waals surface area (Å²) in [6, 6.07) is 16.9. The van der Waals surface area contributed by atoms with Crippen LogP contribution in [0.2, 0.25) is 0 Å². The molecule has 2 heterocycles. The molecule has 8 heteroatoms. The van der Waals surface area contributed by atoms with Gasteiger partial charge in [0, 0.05) is 20.0 Å². The topological polar surface area (TPSA) is 94.8 Å². The summed E-state index contributed by atoms with van der Waals surface area (Å²) >= 11 is 0. The van der Waals surface area contributed by atoms with Crippen LogP contribution in [-0.4, -0.2) is 47.1 Å². The Morgan fingerprint density at radius 2 is 1.75 bits per heavy atom. The number of para-hydroxylation sites is 1. The predicted molar refractivity (Wildman–Crippen MR) is 116 cm³/mol. The number of carbonyl (C=O) groups is 2. The van der Waals surface area contributed by atoms with E-state index in [0.29, 0.717) is 43.1 Å². The Morgan fingerprint density at radius 1 is 1.06 bits per heavy atom. The van der Waals surface area contributed by atoms with E-state index in [1.54, 1.807) is 18.9 Å². The number of hydrogen-bond acceptors (Lipinski definition) is 7. The maximum absolute atomic E-state index is 13.3. The summed E-state index contributed by atoms with van der Waals surface area (Å²) in [6.45, 7) is 2.41. The Bertz CT molecular complexity index is 1090. The molecular formula is C24H25N3O5. The molecule has 0 atom stereocenters. The molecule has 1 amide bonds. The molecule has 1 saturated heterocycles. The monoisotopic (exact) mass is 435 g/mol. The van der Waals surface area contributed by atoms with Crippen molar-refractivity contribution >= 4 is 11.9 Å². The van der Waals surface area contributed by atoms with Crippen LogP contribution in [0.25, 0.3) is 11.4 Å². The van der Waals surface area contributed by atoms with E-state index in [0.717, 1.165) is 5.56 Å². The molecule has 2 aromatic carbocycles. The summed E-state index contributed by atoms with van der Waals surface area (Å²) in [6.07, 6.45) is 0.984. The highest BCUT2D eigenvalue weighted by molar-refractivity contribution is 5.84. The highest BCUT2D eigenvalue weighted by Gasteiger charge is 2.44. The minimum atomic E-state index is -0.821. The van der Waals surface area contributed by atoms with Crippen LogP contribution in [0.5, 0.6) is 5.75 Å². The van der Waals surface area contributed by atoms with Crippen LogP contribution in [0.4, 0.5) is 0 Å². The molecule has 0 unspecified atom stereocenters. The van der Waals surface area contributed by atoms with Gasteiger partial charge in [0.25, 0.3) is 5.89 Å². The maximum atomic E-state index is 13.3. The summed E-state index contributed by atoms with van der Waals surface area (Å²) in [5, 5.41) is 3.99. The van der Waals surface area contributed by atoms with Gasteiger partial charge in [-0.2, -0.15) is 4.98 Å². The van der Waals surface area contributed by atoms with Crippen LogP contribution in [0.1, 0.15) is 31.2 Å². The zero-order valence-corrected chi connectivity index (χ0v) is 18.1. The number of amides is 1. The summed E-state index contributed by atoms with van der Waals surface area (Å²) in [7, 11) is 1.57. The minimum Gasteiger partial charge on any atom is -0.496 e. The van der Waals surface area contributed by atoms with Gasteiger partial charge in [0.15, 0.2) is 6.61 Å². The van der Waals surface area contributed by atoms with Crippen molar-refractivity contribution in [2.45, 2.75) is 31.8 Å². The van der Waals surface area contributed by atoms with Crippen molar-refractivity contribution in [3.8, 4) is 17.1 Å². The first-order valence-corrected chi connectivity index (χ1v) is 10.5. The zero-order chi connectivity index (χ0) is 22.6. The van der Waals surface area contributed by atoms with Gasteiger partial charge in [0.1, 0.15) is 5.75 Å². The molecule has 166 valence electrons. The van der Waals surface area contributed by atoms with Gasteiger partial charge in [0.05, 0.1) is 18.1 Å². The maximum Gasteiger partial charge on any atom is 0.317 e. The van der Waals surface area contributed by atoms with E-state index >= 15 is 0 Å². The quantitative estimate of drug-likeness (QED) is 0.548. The van der Waals surface area contributed by atoms with Crippen LogP contribution in [0, 0.1) is 0 Å². The summed E-state index contributed by atoms with van der Waals surface area (Å²) in [5.41, 5.74) is 0.751. The lowest BCUT2D eigenvalue weighted by Crippen LogP contribution is -2.49. The number of piperidine rings is 1. The molecule has 1 aliphatic rings. The molecule has 1 fully saturated rings. The second-order valence-corrected chi connectivity index (χ2v) is 7.74. The lowest BCUT2D eigenvalue weighted by atomic mass is 9.72. The molecule has 0 radical (unpaired) electrons. The number of rotatable bonds is 6. The fraction of sp³-hybridized carbons (Fsp3) is 0.333. The number of methoxy groups -OCH3 is 1. The Kier molecular flexibility index (Phi) is 6.20. The largest absolute Gasteiger partial charge is 0.496 e. The Morgan fingerprint density at radius 3 is 2.44 bits per heavy atom. The molecule has 0 N–H and O–H groups in total. The van der Waals surface area contributed by atoms with Gasteiger partial charge >= 0.3 is 5.97 Å². The van der Waals surface area contributed by atoms with Crippen molar-refractivity contribution in [3.05, 3.63) is 66.1 Å². The highest BCUT2D eigenvalue weighted by atomic mass is 16.6. The number of esters is 1. The van der Waals surface area contributed by atoms with Gasteiger partial charge in [-0.3, -0.25) is 9.59 Å². The Balaban J connectivity index is 1.50. The smallest absolute Gasteiger partial charge is 0.317 e. The van der Waals surface area contributed by atoms with E-state index in [4.69, 9.17) is 14.0 Å². The number of carbonyl (C=O) groups excluding carboxylic acids is 2. The second kappa shape index (κ2) is 9.21. The van der Waals surface area contributed by atoms with E-state index in [1.165, 1.54) is 0 Å². The number of ether oxygens (including phenoxy) is 2. The van der Waals surface area contributed by atoms with Crippen LogP contribution >= 0.6 is 0 Å². The van der Waals surface area contributed by atoms with Crippen molar-refractivity contribution in [2.24, 2.45) is 0 Å². The first-order valence-electron chi connectivity index (χ1n) is 10.5. The molecule has 1 aliphatic heterocycles. The third-order valence-electron chi connectivity index (χ3n) is 5.92. The van der Waals surface area contributed by atoms with Crippen LogP contribution in [-0.2, 0) is 26.3 Å². The summed E-state index contributed by atoms with van der Waals surface area (Å²) in [5.74, 6) is 0.834. The van der Waals surface area contributed by atoms with E-state index in [1.807, 2.05) is 54.6 Å². The summed E-state index contributed by atoms with van der Waals surface area (Å²) in [4.78, 5) is 31.2. The number of nitrogens with zero attached hydrogens (tertiary/aromatic N) is 3. The van der Waals surface area contributed by atoms with Crippen molar-refractivity contribution in [1.29, 1.82) is 0 Å². The average Bonchev–Trinajstić information content (AvgIpc) is 3.32. The molecule has 3 aromatic rings. The zero-order valence-electron chi connectivity index (χ0n) is 18.1. The second-order valence-electron chi connectivity index (χ2n) is 7.74. The molecule has 0 bridgehead atoms. The van der Waals surface area contributed by atoms with Gasteiger partial charge in [-0.1, -0.05) is 47.6 Å². The number of likely N-dealkylation sites (tertiary alicyclic amines) is 1. The number of hydrogen-bond donors (Lipinski definition) is 0. The van der Waals surface area contributed by atoms with Gasteiger partial charge in [-0.25, -0.2) is 0 Å². The van der Waals surface area contributed by atoms with Gasteiger partial charge < -0.3 is 18.9 Å². The Hall–Kier alpha value is -3.68. The molecule has 0 spiro atoms. The predicted octanol–water partition coefficient (Wildman–Crippen LogP) is 3.37. The molecule has 4 rings (SSSR count). The SMILES string of the molecule is COc1ccccc1-c1noc(COC(=O)C2(c3ccccc3)CCN(C(C)=O)CC2)n1.